The lowest BCUT2D eigenvalue weighted by Crippen LogP contribution is -2.66. The average molecular weight is 524 g/mol. The van der Waals surface area contributed by atoms with Gasteiger partial charge in [-0.15, -0.1) is 11.8 Å². The lowest BCUT2D eigenvalue weighted by atomic mass is 9.78. The fraction of sp³-hybridized carbons (Fsp3) is 0.696. The van der Waals surface area contributed by atoms with E-state index in [4.69, 9.17) is 10.5 Å². The van der Waals surface area contributed by atoms with Gasteiger partial charge < -0.3 is 36.0 Å². The Hall–Kier alpha value is -2.64. The number of nitrogens with two attached hydrogens (primary N) is 1. The van der Waals surface area contributed by atoms with E-state index in [0.29, 0.717) is 31.0 Å². The first-order valence-corrected chi connectivity index (χ1v) is 13.2. The smallest absolute Gasteiger partial charge is 0.396 e. The Morgan fingerprint density at radius 2 is 2.06 bits per heavy atom. The van der Waals surface area contributed by atoms with Gasteiger partial charge in [-0.3, -0.25) is 14.4 Å². The van der Waals surface area contributed by atoms with Crippen LogP contribution in [0.1, 0.15) is 33.6 Å². The number of ether oxygens (including phenoxy) is 1. The quantitative estimate of drug-likeness (QED) is 0.181. The van der Waals surface area contributed by atoms with Crippen molar-refractivity contribution in [2.75, 3.05) is 26.2 Å². The maximum absolute atomic E-state index is 13.0. The van der Waals surface area contributed by atoms with Crippen LogP contribution in [0.2, 0.25) is 0 Å². The van der Waals surface area contributed by atoms with Gasteiger partial charge in [-0.1, -0.05) is 6.92 Å². The Bertz CT molecular complexity index is 1000. The Balaban J connectivity index is 1.42. The van der Waals surface area contributed by atoms with Crippen molar-refractivity contribution in [3.05, 3.63) is 10.6 Å². The number of carboxylic acid groups (broad SMARTS) is 1. The molecule has 4 rings (SSSR count). The van der Waals surface area contributed by atoms with Gasteiger partial charge in [-0.2, -0.15) is 0 Å². The van der Waals surface area contributed by atoms with Crippen LogP contribution in [0.4, 0.5) is 0 Å². The third-order valence-corrected chi connectivity index (χ3v) is 8.88. The fourth-order valence-corrected chi connectivity index (χ4v) is 7.10. The number of amides is 3. The summed E-state index contributed by atoms with van der Waals surface area (Å²) in [6.45, 7) is 6.86. The SMILES string of the molecule is CCOC(=O)C(=O)NC(C)C1C(=O)N2C(C(=O)O)=C(SC3CNC(C(=O)N4CC[C@H](N)C4)C3)C(C)C12. The molecule has 0 aromatic heterocycles. The van der Waals surface area contributed by atoms with Crippen LogP contribution >= 0.6 is 11.8 Å². The molecule has 4 heterocycles. The molecule has 0 aromatic carbocycles. The number of carbonyl (C=O) groups is 5. The molecule has 0 radical (unpaired) electrons. The van der Waals surface area contributed by atoms with Crippen molar-refractivity contribution >= 4 is 41.4 Å². The molecule has 0 bridgehead atoms. The Morgan fingerprint density at radius 1 is 1.33 bits per heavy atom. The number of β-lactam (4-membered cyclic amide) rings is 1. The van der Waals surface area contributed by atoms with Gasteiger partial charge in [0, 0.05) is 47.8 Å². The van der Waals surface area contributed by atoms with E-state index in [0.717, 1.165) is 6.42 Å². The number of nitrogens with zero attached hydrogens (tertiary/aromatic N) is 2. The molecule has 36 heavy (non-hydrogen) atoms. The molecule has 3 amide bonds. The fourth-order valence-electron chi connectivity index (χ4n) is 5.62. The zero-order valence-electron chi connectivity index (χ0n) is 20.6. The van der Waals surface area contributed by atoms with Gasteiger partial charge in [0.1, 0.15) is 5.70 Å². The van der Waals surface area contributed by atoms with E-state index in [1.807, 2.05) is 6.92 Å². The summed E-state index contributed by atoms with van der Waals surface area (Å²) in [5.74, 6) is -4.48. The molecular formula is C23H33N5O7S. The van der Waals surface area contributed by atoms with Crippen LogP contribution in [-0.2, 0) is 28.7 Å². The van der Waals surface area contributed by atoms with Gasteiger partial charge in [0.25, 0.3) is 0 Å². The molecule has 0 aromatic rings. The topological polar surface area (TPSA) is 171 Å². The van der Waals surface area contributed by atoms with Crippen molar-refractivity contribution < 1.29 is 33.8 Å². The van der Waals surface area contributed by atoms with Crippen molar-refractivity contribution in [3.63, 3.8) is 0 Å². The van der Waals surface area contributed by atoms with Gasteiger partial charge in [0.2, 0.25) is 11.8 Å². The van der Waals surface area contributed by atoms with E-state index in [2.05, 4.69) is 10.6 Å². The summed E-state index contributed by atoms with van der Waals surface area (Å²) in [5, 5.41) is 15.7. The number of carboxylic acids is 1. The molecule has 0 aliphatic carbocycles. The highest BCUT2D eigenvalue weighted by Gasteiger charge is 2.60. The molecule has 198 valence electrons. The number of likely N-dealkylation sites (tertiary alicyclic amines) is 1. The monoisotopic (exact) mass is 523 g/mol. The number of rotatable bonds is 7. The first-order valence-electron chi connectivity index (χ1n) is 12.3. The maximum atomic E-state index is 13.0. The summed E-state index contributed by atoms with van der Waals surface area (Å²) in [6, 6.07) is -1.47. The van der Waals surface area contributed by atoms with Crippen molar-refractivity contribution in [2.24, 2.45) is 17.6 Å². The number of thioether (sulfide) groups is 1. The summed E-state index contributed by atoms with van der Waals surface area (Å²) in [4.78, 5) is 65.4. The van der Waals surface area contributed by atoms with Crippen LogP contribution in [-0.4, -0.2) is 100 Å². The lowest BCUT2D eigenvalue weighted by Gasteiger charge is -2.47. The van der Waals surface area contributed by atoms with Gasteiger partial charge in [0.15, 0.2) is 0 Å². The molecule has 0 spiro atoms. The molecule has 4 aliphatic rings. The first-order chi connectivity index (χ1) is 17.0. The minimum atomic E-state index is -1.19. The predicted molar refractivity (Wildman–Crippen MR) is 129 cm³/mol. The zero-order chi connectivity index (χ0) is 26.3. The summed E-state index contributed by atoms with van der Waals surface area (Å²) in [6.07, 6.45) is 1.33. The molecule has 3 fully saturated rings. The Labute approximate surface area is 213 Å². The molecule has 6 unspecified atom stereocenters. The second-order valence-electron chi connectivity index (χ2n) is 9.78. The van der Waals surface area contributed by atoms with Crippen molar-refractivity contribution in [1.82, 2.24) is 20.4 Å². The third kappa shape index (κ3) is 4.71. The average Bonchev–Trinajstić information content (AvgIpc) is 3.52. The second-order valence-corrected chi connectivity index (χ2v) is 11.1. The van der Waals surface area contributed by atoms with E-state index >= 15 is 0 Å². The van der Waals surface area contributed by atoms with Crippen molar-refractivity contribution in [3.8, 4) is 0 Å². The lowest BCUT2D eigenvalue weighted by molar-refractivity contribution is -0.160. The normalized spacial score (nSPS) is 32.3. The molecule has 7 atom stereocenters. The van der Waals surface area contributed by atoms with Gasteiger partial charge >= 0.3 is 17.8 Å². The number of hydrogen-bond acceptors (Lipinski definition) is 9. The molecule has 3 saturated heterocycles. The highest BCUT2D eigenvalue weighted by atomic mass is 32.2. The molecular weight excluding hydrogens is 490 g/mol. The largest absolute Gasteiger partial charge is 0.477 e. The summed E-state index contributed by atoms with van der Waals surface area (Å²) in [5.41, 5.74) is 5.89. The summed E-state index contributed by atoms with van der Waals surface area (Å²) >= 11 is 1.40. The maximum Gasteiger partial charge on any atom is 0.396 e. The van der Waals surface area contributed by atoms with Crippen LogP contribution in [0.3, 0.4) is 0 Å². The highest BCUT2D eigenvalue weighted by molar-refractivity contribution is 8.03. The van der Waals surface area contributed by atoms with Crippen LogP contribution < -0.4 is 16.4 Å². The molecule has 12 nitrogen and oxygen atoms in total. The second kappa shape index (κ2) is 10.4. The number of aliphatic carboxylic acids is 1. The van der Waals surface area contributed by atoms with E-state index in [1.54, 1.807) is 18.7 Å². The molecule has 4 aliphatic heterocycles. The zero-order valence-corrected chi connectivity index (χ0v) is 21.4. The van der Waals surface area contributed by atoms with Crippen LogP contribution in [0.25, 0.3) is 0 Å². The minimum Gasteiger partial charge on any atom is -0.477 e. The van der Waals surface area contributed by atoms with E-state index < -0.39 is 41.8 Å². The van der Waals surface area contributed by atoms with Gasteiger partial charge in [0.05, 0.1) is 24.6 Å². The summed E-state index contributed by atoms with van der Waals surface area (Å²) < 4.78 is 4.70. The standard InChI is InChI=1S/C23H33N5O7S/c1-4-35-23(34)19(29)26-11(3)15-16-10(2)18(17(22(32)33)28(16)21(15)31)36-13-7-14(25-8-13)20(30)27-6-5-12(24)9-27/h10-16,25H,4-9,24H2,1-3H3,(H,26,29)(H,32,33)/t10?,11?,12-,13?,14?,15?,16?/m0/s1. The van der Waals surface area contributed by atoms with Crippen molar-refractivity contribution in [1.29, 1.82) is 0 Å². The van der Waals surface area contributed by atoms with Gasteiger partial charge in [-0.25, -0.2) is 9.59 Å². The Kier molecular flexibility index (Phi) is 7.62. The van der Waals surface area contributed by atoms with Gasteiger partial charge in [-0.05, 0) is 26.7 Å². The molecule has 5 N–H and O–H groups in total. The number of carbonyl (C=O) groups excluding carboxylic acids is 4. The highest BCUT2D eigenvalue weighted by Crippen LogP contribution is 2.51. The third-order valence-electron chi connectivity index (χ3n) is 7.37. The first kappa shape index (κ1) is 26.4. The molecule has 13 heteroatoms. The number of hydrogen-bond donors (Lipinski definition) is 4. The van der Waals surface area contributed by atoms with Crippen molar-refractivity contribution in [2.45, 2.75) is 63.0 Å². The number of esters is 1. The minimum absolute atomic E-state index is 0.00242. The van der Waals surface area contributed by atoms with E-state index in [9.17, 15) is 29.1 Å². The summed E-state index contributed by atoms with van der Waals surface area (Å²) in [7, 11) is 0. The van der Waals surface area contributed by atoms with Crippen LogP contribution in [0, 0.1) is 11.8 Å². The van der Waals surface area contributed by atoms with Crippen LogP contribution in [0.15, 0.2) is 10.6 Å². The van der Waals surface area contributed by atoms with E-state index in [1.165, 1.54) is 16.7 Å². The number of nitrogens with one attached hydrogen (secondary N) is 2. The Morgan fingerprint density at radius 3 is 2.67 bits per heavy atom. The number of fused-ring (bicyclic) bond motifs is 1. The van der Waals surface area contributed by atoms with Crippen LogP contribution in [0.5, 0.6) is 0 Å². The molecule has 0 saturated carbocycles. The van der Waals surface area contributed by atoms with E-state index in [-0.39, 0.29) is 41.5 Å². The predicted octanol–water partition coefficient (Wildman–Crippen LogP) is -1.15.